The first-order chi connectivity index (χ1) is 7.99. The topological polar surface area (TPSA) is 76.0 Å². The minimum absolute atomic E-state index is 0.0641. The van der Waals surface area contributed by atoms with E-state index in [1.165, 1.54) is 33.3 Å². The van der Waals surface area contributed by atoms with Crippen LogP contribution in [0.2, 0.25) is 0 Å². The number of ether oxygens (including phenoxy) is 2. The second-order valence-electron chi connectivity index (χ2n) is 3.70. The lowest BCUT2D eigenvalue weighted by atomic mass is 10.0. The smallest absolute Gasteiger partial charge is 0.172 e. The van der Waals surface area contributed by atoms with E-state index in [1.807, 2.05) is 0 Å². The number of aliphatic hydroxyl groups excluding tert-OH is 1. The van der Waals surface area contributed by atoms with Crippen LogP contribution in [0.15, 0.2) is 12.1 Å². The summed E-state index contributed by atoms with van der Waals surface area (Å²) in [6.07, 6.45) is -0.843. The standard InChI is InChI=1S/C12H16O5/c1-7(13)4-9(14)12-10(15)5-8(16-2)6-11(12)17-3/h5-7,13,15H,4H2,1-3H3. The van der Waals surface area contributed by atoms with Crippen molar-refractivity contribution in [1.82, 2.24) is 0 Å². The van der Waals surface area contributed by atoms with Crippen LogP contribution >= 0.6 is 0 Å². The van der Waals surface area contributed by atoms with Crippen LogP contribution in [-0.2, 0) is 0 Å². The lowest BCUT2D eigenvalue weighted by Crippen LogP contribution is -2.11. The average molecular weight is 240 g/mol. The van der Waals surface area contributed by atoms with Gasteiger partial charge in [-0.1, -0.05) is 0 Å². The molecule has 2 N–H and O–H groups in total. The second-order valence-corrected chi connectivity index (χ2v) is 3.70. The normalized spacial score (nSPS) is 12.0. The molecule has 0 spiro atoms. The Morgan fingerprint density at radius 3 is 2.47 bits per heavy atom. The van der Waals surface area contributed by atoms with Crippen molar-refractivity contribution < 1.29 is 24.5 Å². The first kappa shape index (κ1) is 13.3. The Morgan fingerprint density at radius 1 is 1.35 bits per heavy atom. The summed E-state index contributed by atoms with van der Waals surface area (Å²) in [6.45, 7) is 1.50. The molecular weight excluding hydrogens is 224 g/mol. The van der Waals surface area contributed by atoms with Crippen LogP contribution in [0.4, 0.5) is 0 Å². The van der Waals surface area contributed by atoms with Crippen LogP contribution in [0.3, 0.4) is 0 Å². The maximum absolute atomic E-state index is 11.8. The predicted octanol–water partition coefficient (Wildman–Crippen LogP) is 1.36. The number of phenolic OH excluding ortho intramolecular Hbond substituents is 1. The highest BCUT2D eigenvalue weighted by Gasteiger charge is 2.20. The highest BCUT2D eigenvalue weighted by Crippen LogP contribution is 2.34. The second kappa shape index (κ2) is 5.54. The zero-order valence-corrected chi connectivity index (χ0v) is 10.1. The van der Waals surface area contributed by atoms with E-state index in [4.69, 9.17) is 9.47 Å². The SMILES string of the molecule is COc1cc(O)c(C(=O)CC(C)O)c(OC)c1. The van der Waals surface area contributed by atoms with E-state index in [0.29, 0.717) is 5.75 Å². The van der Waals surface area contributed by atoms with Crippen molar-refractivity contribution >= 4 is 5.78 Å². The number of phenols is 1. The highest BCUT2D eigenvalue weighted by atomic mass is 16.5. The molecule has 5 heteroatoms. The summed E-state index contributed by atoms with van der Waals surface area (Å²) < 4.78 is 9.98. The van der Waals surface area contributed by atoms with Crippen molar-refractivity contribution in [1.29, 1.82) is 0 Å². The zero-order chi connectivity index (χ0) is 13.0. The molecule has 0 bridgehead atoms. The summed E-state index contributed by atoms with van der Waals surface area (Å²) in [7, 11) is 2.85. The van der Waals surface area contributed by atoms with Crippen molar-refractivity contribution in [3.8, 4) is 17.2 Å². The number of hydrogen-bond acceptors (Lipinski definition) is 5. The highest BCUT2D eigenvalue weighted by molar-refractivity contribution is 6.01. The number of aromatic hydroxyl groups is 1. The van der Waals surface area contributed by atoms with E-state index in [2.05, 4.69) is 0 Å². The van der Waals surface area contributed by atoms with Gasteiger partial charge in [-0.25, -0.2) is 0 Å². The summed E-state index contributed by atoms with van der Waals surface area (Å²) >= 11 is 0. The quantitative estimate of drug-likeness (QED) is 0.760. The molecule has 1 unspecified atom stereocenters. The molecule has 0 heterocycles. The summed E-state index contributed by atoms with van der Waals surface area (Å²) in [4.78, 5) is 11.8. The van der Waals surface area contributed by atoms with E-state index in [-0.39, 0.29) is 29.3 Å². The third-order valence-electron chi connectivity index (χ3n) is 2.27. The molecule has 1 atom stereocenters. The molecule has 5 nitrogen and oxygen atoms in total. The minimum atomic E-state index is -0.770. The number of carbonyl (C=O) groups excluding carboxylic acids is 1. The number of aliphatic hydroxyl groups is 1. The average Bonchev–Trinajstić information content (AvgIpc) is 2.26. The van der Waals surface area contributed by atoms with Crippen LogP contribution in [0.25, 0.3) is 0 Å². The Kier molecular flexibility index (Phi) is 4.34. The Balaban J connectivity index is 3.18. The first-order valence-corrected chi connectivity index (χ1v) is 5.15. The maximum atomic E-state index is 11.8. The summed E-state index contributed by atoms with van der Waals surface area (Å²) in [5, 5.41) is 18.9. The fourth-order valence-corrected chi connectivity index (χ4v) is 1.51. The minimum Gasteiger partial charge on any atom is -0.507 e. The van der Waals surface area contributed by atoms with Gasteiger partial charge in [-0.15, -0.1) is 0 Å². The zero-order valence-electron chi connectivity index (χ0n) is 10.1. The van der Waals surface area contributed by atoms with Crippen LogP contribution in [-0.4, -0.2) is 36.3 Å². The van der Waals surface area contributed by atoms with Gasteiger partial charge in [0.05, 0.1) is 20.3 Å². The fourth-order valence-electron chi connectivity index (χ4n) is 1.51. The molecule has 0 saturated heterocycles. The van der Waals surface area contributed by atoms with Gasteiger partial charge >= 0.3 is 0 Å². The molecular formula is C12H16O5. The molecule has 0 aliphatic rings. The third kappa shape index (κ3) is 3.10. The molecule has 1 aromatic rings. The Hall–Kier alpha value is -1.75. The lowest BCUT2D eigenvalue weighted by molar-refractivity contribution is 0.0895. The Morgan fingerprint density at radius 2 is 2.00 bits per heavy atom. The monoisotopic (exact) mass is 240 g/mol. The molecule has 0 saturated carbocycles. The summed E-state index contributed by atoms with van der Waals surface area (Å²) in [5.74, 6) is 0.0318. The molecule has 0 amide bonds. The molecule has 1 rings (SSSR count). The van der Waals surface area contributed by atoms with Gasteiger partial charge in [0.2, 0.25) is 0 Å². The lowest BCUT2D eigenvalue weighted by Gasteiger charge is -2.12. The number of benzene rings is 1. The van der Waals surface area contributed by atoms with Crippen molar-refractivity contribution in [3.63, 3.8) is 0 Å². The van der Waals surface area contributed by atoms with Crippen LogP contribution < -0.4 is 9.47 Å². The van der Waals surface area contributed by atoms with Gasteiger partial charge in [0, 0.05) is 18.6 Å². The van der Waals surface area contributed by atoms with Gasteiger partial charge in [0.15, 0.2) is 5.78 Å². The number of carbonyl (C=O) groups is 1. The molecule has 0 aliphatic heterocycles. The molecule has 0 radical (unpaired) electrons. The van der Waals surface area contributed by atoms with Gasteiger partial charge in [0.1, 0.15) is 22.8 Å². The van der Waals surface area contributed by atoms with E-state index in [0.717, 1.165) is 0 Å². The summed E-state index contributed by atoms with van der Waals surface area (Å²) in [5.41, 5.74) is 0.0641. The number of rotatable bonds is 5. The van der Waals surface area contributed by atoms with E-state index in [9.17, 15) is 15.0 Å². The van der Waals surface area contributed by atoms with Gasteiger partial charge in [0.25, 0.3) is 0 Å². The number of hydrogen-bond donors (Lipinski definition) is 2. The van der Waals surface area contributed by atoms with Crippen molar-refractivity contribution in [2.75, 3.05) is 14.2 Å². The van der Waals surface area contributed by atoms with Crippen molar-refractivity contribution in [2.45, 2.75) is 19.4 Å². The van der Waals surface area contributed by atoms with Crippen LogP contribution in [0.1, 0.15) is 23.7 Å². The molecule has 0 aliphatic carbocycles. The molecule has 17 heavy (non-hydrogen) atoms. The van der Waals surface area contributed by atoms with Gasteiger partial charge in [-0.05, 0) is 6.92 Å². The molecule has 0 fully saturated rings. The van der Waals surface area contributed by atoms with Crippen molar-refractivity contribution in [3.05, 3.63) is 17.7 Å². The summed E-state index contributed by atoms with van der Waals surface area (Å²) in [6, 6.07) is 2.84. The fraction of sp³-hybridized carbons (Fsp3) is 0.417. The number of ketones is 1. The largest absolute Gasteiger partial charge is 0.507 e. The van der Waals surface area contributed by atoms with E-state index in [1.54, 1.807) is 0 Å². The number of methoxy groups -OCH3 is 2. The van der Waals surface area contributed by atoms with Gasteiger partial charge in [-0.3, -0.25) is 4.79 Å². The molecule has 0 aromatic heterocycles. The Labute approximate surface area is 99.6 Å². The molecule has 94 valence electrons. The van der Waals surface area contributed by atoms with E-state index >= 15 is 0 Å². The number of Topliss-reactive ketones (excluding diaryl/α,β-unsaturated/α-hetero) is 1. The van der Waals surface area contributed by atoms with Gasteiger partial charge in [-0.2, -0.15) is 0 Å². The van der Waals surface area contributed by atoms with Crippen LogP contribution in [0, 0.1) is 0 Å². The molecule has 1 aromatic carbocycles. The first-order valence-electron chi connectivity index (χ1n) is 5.15. The van der Waals surface area contributed by atoms with E-state index < -0.39 is 6.10 Å². The predicted molar refractivity (Wildman–Crippen MR) is 61.8 cm³/mol. The Bertz CT molecular complexity index is 412. The van der Waals surface area contributed by atoms with Crippen LogP contribution in [0.5, 0.6) is 17.2 Å². The third-order valence-corrected chi connectivity index (χ3v) is 2.27. The van der Waals surface area contributed by atoms with Crippen molar-refractivity contribution in [2.24, 2.45) is 0 Å². The maximum Gasteiger partial charge on any atom is 0.172 e. The van der Waals surface area contributed by atoms with Gasteiger partial charge < -0.3 is 19.7 Å².